The summed E-state index contributed by atoms with van der Waals surface area (Å²) in [6.07, 6.45) is 5.40. The van der Waals surface area contributed by atoms with E-state index < -0.39 is 0 Å². The average Bonchev–Trinajstić information content (AvgIpc) is 2.42. The fourth-order valence-corrected chi connectivity index (χ4v) is 1.88. The van der Waals surface area contributed by atoms with Gasteiger partial charge in [0, 0.05) is 13.1 Å². The van der Waals surface area contributed by atoms with Gasteiger partial charge in [-0.25, -0.2) is 0 Å². The van der Waals surface area contributed by atoms with Crippen LogP contribution in [0.3, 0.4) is 0 Å². The predicted molar refractivity (Wildman–Crippen MR) is 76.8 cm³/mol. The zero-order chi connectivity index (χ0) is 13.0. The van der Waals surface area contributed by atoms with E-state index >= 15 is 0 Å². The molecule has 0 amide bonds. The van der Waals surface area contributed by atoms with Crippen molar-refractivity contribution in [2.24, 2.45) is 11.8 Å². The molecular formula is C15H31N. The lowest BCUT2D eigenvalue weighted by atomic mass is 9.89. The monoisotopic (exact) mass is 225 g/mol. The second-order valence-electron chi connectivity index (χ2n) is 3.58. The molecule has 0 bridgehead atoms. The number of nitrogens with zero attached hydrogens (tertiary/aromatic N) is 1. The van der Waals surface area contributed by atoms with Crippen LogP contribution >= 0.6 is 0 Å². The average molecular weight is 225 g/mol. The van der Waals surface area contributed by atoms with Crippen molar-refractivity contribution in [2.75, 3.05) is 19.6 Å². The Kier molecular flexibility index (Phi) is 13.9. The molecule has 1 saturated heterocycles. The summed E-state index contributed by atoms with van der Waals surface area (Å²) in [6, 6.07) is 0. The smallest absolute Gasteiger partial charge is 0.00446 e. The number of hydrogen-bond donors (Lipinski definition) is 0. The lowest BCUT2D eigenvalue weighted by Gasteiger charge is -2.34. The summed E-state index contributed by atoms with van der Waals surface area (Å²) in [6.45, 7) is 21.5. The molecule has 1 rings (SSSR count). The molecule has 1 nitrogen and oxygen atoms in total. The van der Waals surface area contributed by atoms with Crippen LogP contribution in [0.2, 0.25) is 0 Å². The summed E-state index contributed by atoms with van der Waals surface area (Å²) in [5, 5.41) is 0. The van der Waals surface area contributed by atoms with Crippen molar-refractivity contribution in [1.82, 2.24) is 4.90 Å². The Labute approximate surface area is 103 Å². The molecule has 1 aliphatic rings. The Hall–Kier alpha value is -0.560. The largest absolute Gasteiger partial charge is 0.302 e. The third-order valence-electron chi connectivity index (χ3n) is 2.70. The minimum Gasteiger partial charge on any atom is -0.302 e. The maximum Gasteiger partial charge on any atom is 0.00446 e. The first-order chi connectivity index (χ1) is 7.80. The van der Waals surface area contributed by atoms with Gasteiger partial charge in [0.15, 0.2) is 0 Å². The summed E-state index contributed by atoms with van der Waals surface area (Å²) in [7, 11) is 0. The molecule has 2 atom stereocenters. The van der Waals surface area contributed by atoms with E-state index in [-0.39, 0.29) is 0 Å². The molecule has 0 aliphatic carbocycles. The normalized spacial score (nSPS) is 24.3. The minimum absolute atomic E-state index is 0.668. The maximum atomic E-state index is 3.86. The van der Waals surface area contributed by atoms with Crippen molar-refractivity contribution in [3.05, 3.63) is 25.3 Å². The molecular weight excluding hydrogens is 194 g/mol. The molecule has 0 aromatic rings. The Morgan fingerprint density at radius 3 is 1.62 bits per heavy atom. The van der Waals surface area contributed by atoms with E-state index in [4.69, 9.17) is 0 Å². The second kappa shape index (κ2) is 12.5. The van der Waals surface area contributed by atoms with E-state index in [1.54, 1.807) is 0 Å². The van der Waals surface area contributed by atoms with Crippen molar-refractivity contribution < 1.29 is 0 Å². The Balaban J connectivity index is 0. The first-order valence-electron chi connectivity index (χ1n) is 6.77. The molecule has 16 heavy (non-hydrogen) atoms. The molecule has 1 heteroatoms. The molecule has 96 valence electrons. The van der Waals surface area contributed by atoms with Crippen molar-refractivity contribution in [1.29, 1.82) is 0 Å². The van der Waals surface area contributed by atoms with Crippen molar-refractivity contribution in [3.8, 4) is 0 Å². The summed E-state index contributed by atoms with van der Waals surface area (Å²) in [5.41, 5.74) is 0. The van der Waals surface area contributed by atoms with Gasteiger partial charge < -0.3 is 4.90 Å². The summed E-state index contributed by atoms with van der Waals surface area (Å²) >= 11 is 0. The highest BCUT2D eigenvalue weighted by atomic mass is 15.1. The van der Waals surface area contributed by atoms with E-state index in [1.165, 1.54) is 19.5 Å². The molecule has 0 radical (unpaired) electrons. The lowest BCUT2D eigenvalue weighted by Crippen LogP contribution is -2.38. The van der Waals surface area contributed by atoms with Gasteiger partial charge in [-0.2, -0.15) is 0 Å². The molecule has 1 heterocycles. The summed E-state index contributed by atoms with van der Waals surface area (Å²) < 4.78 is 0. The van der Waals surface area contributed by atoms with E-state index in [2.05, 4.69) is 37.1 Å². The van der Waals surface area contributed by atoms with Crippen molar-refractivity contribution in [2.45, 2.75) is 41.0 Å². The molecule has 1 fully saturated rings. The first-order valence-corrected chi connectivity index (χ1v) is 6.77. The third kappa shape index (κ3) is 6.84. The highest BCUT2D eigenvalue weighted by molar-refractivity contribution is 4.93. The number of piperidine rings is 1. The molecule has 0 saturated carbocycles. The van der Waals surface area contributed by atoms with Gasteiger partial charge in [0.1, 0.15) is 0 Å². The molecule has 0 aromatic carbocycles. The highest BCUT2D eigenvalue weighted by Gasteiger charge is 2.22. The van der Waals surface area contributed by atoms with Gasteiger partial charge in [0.25, 0.3) is 0 Å². The lowest BCUT2D eigenvalue weighted by molar-refractivity contribution is 0.173. The van der Waals surface area contributed by atoms with Crippen molar-refractivity contribution in [3.63, 3.8) is 0 Å². The van der Waals surface area contributed by atoms with Crippen LogP contribution in [0, 0.1) is 11.8 Å². The Bertz CT molecular complexity index is 147. The second-order valence-corrected chi connectivity index (χ2v) is 3.58. The summed E-state index contributed by atoms with van der Waals surface area (Å²) in [4.78, 5) is 2.47. The molecule has 0 N–H and O–H groups in total. The standard InChI is InChI=1S/C11H19N.2C2H6/c1-4-10-7-11(5-2)9-12(6-3)8-10;2*1-2/h4-5,10-11H,1-2,6-9H2,3H3;2*1-2H3. The van der Waals surface area contributed by atoms with Crippen LogP contribution in [-0.4, -0.2) is 24.5 Å². The van der Waals surface area contributed by atoms with Gasteiger partial charge in [-0.1, -0.05) is 46.8 Å². The topological polar surface area (TPSA) is 3.24 Å². The van der Waals surface area contributed by atoms with Gasteiger partial charge >= 0.3 is 0 Å². The Morgan fingerprint density at radius 1 is 1.00 bits per heavy atom. The molecule has 1 aliphatic heterocycles. The Morgan fingerprint density at radius 2 is 1.38 bits per heavy atom. The van der Waals surface area contributed by atoms with Gasteiger partial charge in [-0.05, 0) is 24.8 Å². The minimum atomic E-state index is 0.668. The van der Waals surface area contributed by atoms with Crippen LogP contribution in [0.1, 0.15) is 41.0 Å². The van der Waals surface area contributed by atoms with E-state index in [0.717, 1.165) is 6.54 Å². The van der Waals surface area contributed by atoms with E-state index in [1.807, 2.05) is 27.7 Å². The van der Waals surface area contributed by atoms with Gasteiger partial charge in [0.2, 0.25) is 0 Å². The number of hydrogen-bond acceptors (Lipinski definition) is 1. The van der Waals surface area contributed by atoms with Crippen LogP contribution < -0.4 is 0 Å². The number of likely N-dealkylation sites (tertiary alicyclic amines) is 1. The fraction of sp³-hybridized carbons (Fsp3) is 0.733. The fourth-order valence-electron chi connectivity index (χ4n) is 1.88. The molecule has 0 spiro atoms. The van der Waals surface area contributed by atoms with Gasteiger partial charge in [-0.3, -0.25) is 0 Å². The predicted octanol–water partition coefficient (Wildman–Crippen LogP) is 4.37. The highest BCUT2D eigenvalue weighted by Crippen LogP contribution is 2.22. The molecule has 2 unspecified atom stereocenters. The third-order valence-corrected chi connectivity index (χ3v) is 2.70. The van der Waals surface area contributed by atoms with Gasteiger partial charge in [0.05, 0.1) is 0 Å². The number of rotatable bonds is 3. The van der Waals surface area contributed by atoms with Crippen LogP contribution in [-0.2, 0) is 0 Å². The zero-order valence-electron chi connectivity index (χ0n) is 12.0. The van der Waals surface area contributed by atoms with E-state index in [0.29, 0.717) is 11.8 Å². The first kappa shape index (κ1) is 17.8. The van der Waals surface area contributed by atoms with Crippen LogP contribution in [0.5, 0.6) is 0 Å². The maximum absolute atomic E-state index is 3.86. The zero-order valence-corrected chi connectivity index (χ0v) is 12.0. The quantitative estimate of drug-likeness (QED) is 0.645. The molecule has 0 aromatic heterocycles. The SMILES string of the molecule is C=CC1CC(C=C)CN(CC)C1.CC.CC. The summed E-state index contributed by atoms with van der Waals surface area (Å²) in [5.74, 6) is 1.34. The van der Waals surface area contributed by atoms with Crippen LogP contribution in [0.25, 0.3) is 0 Å². The van der Waals surface area contributed by atoms with Crippen LogP contribution in [0.4, 0.5) is 0 Å². The van der Waals surface area contributed by atoms with Gasteiger partial charge in [-0.15, -0.1) is 13.2 Å². The van der Waals surface area contributed by atoms with E-state index in [9.17, 15) is 0 Å². The van der Waals surface area contributed by atoms with Crippen LogP contribution in [0.15, 0.2) is 25.3 Å². The van der Waals surface area contributed by atoms with Crippen molar-refractivity contribution >= 4 is 0 Å².